The van der Waals surface area contributed by atoms with Crippen LogP contribution in [-0.4, -0.2) is 26.8 Å². The first-order valence-corrected chi connectivity index (χ1v) is 9.44. The zero-order valence-corrected chi connectivity index (χ0v) is 10.4. The zero-order chi connectivity index (χ0) is 9.61. The number of nitrogens with two attached hydrogens (primary N) is 1. The second-order valence-electron chi connectivity index (χ2n) is 1.71. The van der Waals surface area contributed by atoms with Gasteiger partial charge in [0.15, 0.2) is 0 Å². The molecule has 0 aliphatic heterocycles. The SMILES string of the molecule is CSSSC(CSN)P(=O)(O)O. The molecule has 0 rings (SSSR count). The third-order valence-corrected chi connectivity index (χ3v) is 8.19. The maximum atomic E-state index is 10.8. The summed E-state index contributed by atoms with van der Waals surface area (Å²) in [6, 6.07) is 0. The molecule has 0 saturated heterocycles. The molecule has 0 spiro atoms. The number of rotatable bonds is 6. The summed E-state index contributed by atoms with van der Waals surface area (Å²) in [5, 5.41) is 5.14. The van der Waals surface area contributed by atoms with Crippen LogP contribution in [0.5, 0.6) is 0 Å². The highest BCUT2D eigenvalue weighted by molar-refractivity contribution is 9.09. The van der Waals surface area contributed by atoms with Gasteiger partial charge in [-0.25, -0.2) is 0 Å². The fourth-order valence-electron chi connectivity index (χ4n) is 0.348. The Labute approximate surface area is 87.3 Å². The Bertz CT molecular complexity index is 164. The average molecular weight is 267 g/mol. The lowest BCUT2D eigenvalue weighted by Crippen LogP contribution is -2.06. The summed E-state index contributed by atoms with van der Waals surface area (Å²) in [4.78, 5) is 17.0. The van der Waals surface area contributed by atoms with Gasteiger partial charge in [-0.1, -0.05) is 33.5 Å². The smallest absolute Gasteiger partial charge is 0.324 e. The van der Waals surface area contributed by atoms with Gasteiger partial charge in [-0.15, -0.1) is 0 Å². The molecule has 0 fully saturated rings. The van der Waals surface area contributed by atoms with Crippen LogP contribution in [0.15, 0.2) is 0 Å². The molecule has 1 unspecified atom stereocenters. The molecule has 0 saturated carbocycles. The Balaban J connectivity index is 3.95. The van der Waals surface area contributed by atoms with E-state index in [1.165, 1.54) is 31.4 Å². The predicted molar refractivity (Wildman–Crippen MR) is 61.2 cm³/mol. The van der Waals surface area contributed by atoms with Crippen molar-refractivity contribution in [1.82, 2.24) is 0 Å². The van der Waals surface area contributed by atoms with Gasteiger partial charge in [0.1, 0.15) is 4.99 Å². The van der Waals surface area contributed by atoms with E-state index < -0.39 is 12.6 Å². The topological polar surface area (TPSA) is 83.6 Å². The standard InChI is InChI=1S/C3H10NO3PS4/c1-9-12-11-3(2-10-4)8(5,6)7/h3H,2,4H2,1H3,(H2,5,6,7). The first kappa shape index (κ1) is 13.5. The van der Waals surface area contributed by atoms with Crippen molar-refractivity contribution < 1.29 is 14.4 Å². The van der Waals surface area contributed by atoms with E-state index in [1.807, 2.05) is 6.26 Å². The minimum Gasteiger partial charge on any atom is -0.324 e. The summed E-state index contributed by atoms with van der Waals surface area (Å²) in [6.07, 6.45) is 1.85. The molecule has 4 nitrogen and oxygen atoms in total. The van der Waals surface area contributed by atoms with E-state index in [1.54, 1.807) is 0 Å². The van der Waals surface area contributed by atoms with Crippen LogP contribution < -0.4 is 5.14 Å². The average Bonchev–Trinajstić information content (AvgIpc) is 1.95. The largest absolute Gasteiger partial charge is 0.340 e. The number of hydrogen-bond acceptors (Lipinski definition) is 6. The summed E-state index contributed by atoms with van der Waals surface area (Å²) in [6.45, 7) is 0. The highest BCUT2D eigenvalue weighted by atomic mass is 33.5. The molecule has 4 N–H and O–H groups in total. The fourth-order valence-corrected chi connectivity index (χ4v) is 7.11. The van der Waals surface area contributed by atoms with Crippen LogP contribution in [0.3, 0.4) is 0 Å². The Kier molecular flexibility index (Phi) is 7.76. The van der Waals surface area contributed by atoms with Crippen LogP contribution in [0.4, 0.5) is 0 Å². The third kappa shape index (κ3) is 6.04. The van der Waals surface area contributed by atoms with Gasteiger partial charge in [-0.05, 0) is 16.1 Å². The molecule has 0 amide bonds. The van der Waals surface area contributed by atoms with Crippen molar-refractivity contribution >= 4 is 51.0 Å². The van der Waals surface area contributed by atoms with Crippen molar-refractivity contribution in [2.45, 2.75) is 4.99 Å². The molecule has 12 heavy (non-hydrogen) atoms. The quantitative estimate of drug-likeness (QED) is 0.381. The molecule has 1 atom stereocenters. The molecule has 0 radical (unpaired) electrons. The van der Waals surface area contributed by atoms with Crippen molar-refractivity contribution in [3.8, 4) is 0 Å². The van der Waals surface area contributed by atoms with Gasteiger partial charge in [0.05, 0.1) is 0 Å². The summed E-state index contributed by atoms with van der Waals surface area (Å²) in [5.74, 6) is 0.266. The van der Waals surface area contributed by atoms with E-state index in [0.717, 1.165) is 11.9 Å². The Morgan fingerprint density at radius 3 is 2.50 bits per heavy atom. The monoisotopic (exact) mass is 267 g/mol. The summed E-state index contributed by atoms with van der Waals surface area (Å²) in [7, 11) is -0.0120. The van der Waals surface area contributed by atoms with E-state index in [4.69, 9.17) is 14.9 Å². The third-order valence-electron chi connectivity index (χ3n) is 0.832. The predicted octanol–water partition coefficient (Wildman–Crippen LogP) is 1.76. The van der Waals surface area contributed by atoms with Crippen molar-refractivity contribution in [3.05, 3.63) is 0 Å². The van der Waals surface area contributed by atoms with Gasteiger partial charge in [-0.2, -0.15) is 0 Å². The minimum atomic E-state index is -3.99. The van der Waals surface area contributed by atoms with Crippen molar-refractivity contribution in [1.29, 1.82) is 0 Å². The molecule has 0 aromatic rings. The molecule has 0 aliphatic rings. The maximum absolute atomic E-state index is 10.8. The van der Waals surface area contributed by atoms with Crippen LogP contribution >= 0.6 is 51.0 Å². The van der Waals surface area contributed by atoms with Crippen LogP contribution in [0.25, 0.3) is 0 Å². The fraction of sp³-hybridized carbons (Fsp3) is 1.00. The highest BCUT2D eigenvalue weighted by Crippen LogP contribution is 2.53. The molecule has 74 valence electrons. The lowest BCUT2D eigenvalue weighted by Gasteiger charge is -2.14. The second kappa shape index (κ2) is 6.89. The van der Waals surface area contributed by atoms with Crippen LogP contribution in [0.1, 0.15) is 0 Å². The van der Waals surface area contributed by atoms with Gasteiger partial charge in [0.25, 0.3) is 0 Å². The molecule has 0 bridgehead atoms. The van der Waals surface area contributed by atoms with Crippen molar-refractivity contribution in [2.24, 2.45) is 5.14 Å². The van der Waals surface area contributed by atoms with E-state index in [-0.39, 0.29) is 5.75 Å². The van der Waals surface area contributed by atoms with Gasteiger partial charge in [-0.3, -0.25) is 9.70 Å². The normalized spacial score (nSPS) is 14.7. The second-order valence-corrected chi connectivity index (χ2v) is 8.97. The van der Waals surface area contributed by atoms with E-state index in [2.05, 4.69) is 0 Å². The van der Waals surface area contributed by atoms with Crippen LogP contribution in [-0.2, 0) is 4.57 Å². The summed E-state index contributed by atoms with van der Waals surface area (Å²) >= 11 is 0.951. The molecular weight excluding hydrogens is 257 g/mol. The molecule has 0 heterocycles. The van der Waals surface area contributed by atoms with E-state index in [0.29, 0.717) is 0 Å². The molecular formula is C3H10NO3PS4. The molecule has 9 heteroatoms. The minimum absolute atomic E-state index is 0.266. The van der Waals surface area contributed by atoms with Gasteiger partial charge < -0.3 is 9.79 Å². The van der Waals surface area contributed by atoms with Gasteiger partial charge in [0, 0.05) is 5.75 Å². The van der Waals surface area contributed by atoms with Crippen molar-refractivity contribution in [2.75, 3.05) is 12.0 Å². The first-order valence-electron chi connectivity index (χ1n) is 2.75. The lowest BCUT2D eigenvalue weighted by molar-refractivity contribution is 0.372. The summed E-state index contributed by atoms with van der Waals surface area (Å²) in [5.41, 5.74) is 0. The van der Waals surface area contributed by atoms with Crippen LogP contribution in [0, 0.1) is 0 Å². The summed E-state index contributed by atoms with van der Waals surface area (Å²) < 4.78 is 10.8. The maximum Gasteiger partial charge on any atom is 0.340 e. The first-order chi connectivity index (χ1) is 5.52. The zero-order valence-electron chi connectivity index (χ0n) is 6.24. The van der Waals surface area contributed by atoms with E-state index in [9.17, 15) is 4.57 Å². The Morgan fingerprint density at radius 1 is 1.58 bits per heavy atom. The van der Waals surface area contributed by atoms with Gasteiger partial charge >= 0.3 is 7.60 Å². The number of hydrogen-bond donors (Lipinski definition) is 3. The van der Waals surface area contributed by atoms with Gasteiger partial charge in [0.2, 0.25) is 0 Å². The highest BCUT2D eigenvalue weighted by Gasteiger charge is 2.29. The van der Waals surface area contributed by atoms with Crippen LogP contribution in [0.2, 0.25) is 0 Å². The Hall–Kier alpha value is 1.51. The molecule has 0 aromatic heterocycles. The molecule has 0 aromatic carbocycles. The Morgan fingerprint density at radius 2 is 2.17 bits per heavy atom. The lowest BCUT2D eigenvalue weighted by atomic mass is 10.9. The molecule has 0 aliphatic carbocycles. The van der Waals surface area contributed by atoms with Crippen molar-refractivity contribution in [3.63, 3.8) is 0 Å². The van der Waals surface area contributed by atoms with E-state index >= 15 is 0 Å².